The number of aromatic nitrogens is 2. The summed E-state index contributed by atoms with van der Waals surface area (Å²) in [5.41, 5.74) is 7.02. The molecule has 1 aliphatic rings. The fraction of sp³-hybridized carbons (Fsp3) is 0.769. The number of nitrogens with zero attached hydrogens (tertiary/aromatic N) is 2. The van der Waals surface area contributed by atoms with E-state index in [0.717, 1.165) is 5.69 Å². The summed E-state index contributed by atoms with van der Waals surface area (Å²) in [6, 6.07) is 1.99. The van der Waals surface area contributed by atoms with E-state index in [1.54, 1.807) is 4.68 Å². The largest absolute Gasteiger partial charge is 0.394 e. The zero-order chi connectivity index (χ0) is 12.1. The molecule has 96 valence electrons. The van der Waals surface area contributed by atoms with Crippen LogP contribution in [0, 0.1) is 0 Å². The normalized spacial score (nSPS) is 18.9. The van der Waals surface area contributed by atoms with Gasteiger partial charge in [-0.3, -0.25) is 0 Å². The van der Waals surface area contributed by atoms with Crippen molar-refractivity contribution in [3.63, 3.8) is 0 Å². The molecule has 4 heteroatoms. The van der Waals surface area contributed by atoms with E-state index in [2.05, 4.69) is 5.10 Å². The predicted molar refractivity (Wildman–Crippen MR) is 68.8 cm³/mol. The van der Waals surface area contributed by atoms with Gasteiger partial charge in [-0.1, -0.05) is 32.1 Å². The van der Waals surface area contributed by atoms with E-state index < -0.39 is 0 Å². The smallest absolute Gasteiger partial charge is 0.122 e. The van der Waals surface area contributed by atoms with Crippen molar-refractivity contribution < 1.29 is 5.11 Å². The second-order valence-corrected chi connectivity index (χ2v) is 4.98. The van der Waals surface area contributed by atoms with Crippen LogP contribution in [-0.4, -0.2) is 21.5 Å². The molecule has 1 heterocycles. The number of rotatable bonds is 3. The quantitative estimate of drug-likeness (QED) is 0.847. The molecule has 0 unspecified atom stereocenters. The Kier molecular flexibility index (Phi) is 4.42. The molecular weight excluding hydrogens is 214 g/mol. The highest BCUT2D eigenvalue weighted by Gasteiger charge is 2.17. The first-order chi connectivity index (χ1) is 8.31. The topological polar surface area (TPSA) is 64.1 Å². The number of hydrogen-bond acceptors (Lipinski definition) is 3. The van der Waals surface area contributed by atoms with Crippen molar-refractivity contribution in [2.75, 3.05) is 12.3 Å². The number of hydrogen-bond donors (Lipinski definition) is 2. The number of nitrogen functional groups attached to an aromatic ring is 1. The van der Waals surface area contributed by atoms with Gasteiger partial charge >= 0.3 is 0 Å². The molecule has 17 heavy (non-hydrogen) atoms. The van der Waals surface area contributed by atoms with Gasteiger partial charge in [0.25, 0.3) is 0 Å². The maximum absolute atomic E-state index is 8.93. The van der Waals surface area contributed by atoms with Crippen molar-refractivity contribution in [2.45, 2.75) is 57.4 Å². The van der Waals surface area contributed by atoms with Crippen LogP contribution in [0.4, 0.5) is 5.82 Å². The highest BCUT2D eigenvalue weighted by molar-refractivity contribution is 5.32. The molecule has 0 radical (unpaired) electrons. The van der Waals surface area contributed by atoms with Crippen molar-refractivity contribution in [1.82, 2.24) is 9.78 Å². The van der Waals surface area contributed by atoms with E-state index in [1.165, 1.54) is 44.9 Å². The second-order valence-electron chi connectivity index (χ2n) is 4.98. The van der Waals surface area contributed by atoms with Gasteiger partial charge in [-0.15, -0.1) is 0 Å². The monoisotopic (exact) mass is 237 g/mol. The van der Waals surface area contributed by atoms with Gasteiger partial charge in [-0.2, -0.15) is 5.10 Å². The Morgan fingerprint density at radius 3 is 2.53 bits per heavy atom. The van der Waals surface area contributed by atoms with Crippen LogP contribution in [0.3, 0.4) is 0 Å². The predicted octanol–water partition coefficient (Wildman–Crippen LogP) is 2.29. The molecule has 0 atom stereocenters. The van der Waals surface area contributed by atoms with Crippen LogP contribution in [0.25, 0.3) is 0 Å². The second kappa shape index (κ2) is 6.05. The number of aliphatic hydroxyl groups is 1. The van der Waals surface area contributed by atoms with Crippen molar-refractivity contribution in [2.24, 2.45) is 0 Å². The number of nitrogens with two attached hydrogens (primary N) is 1. The minimum absolute atomic E-state index is 0.0932. The summed E-state index contributed by atoms with van der Waals surface area (Å²) in [5, 5.41) is 13.5. The van der Waals surface area contributed by atoms with Crippen molar-refractivity contribution in [3.8, 4) is 0 Å². The van der Waals surface area contributed by atoms with E-state index in [-0.39, 0.29) is 6.61 Å². The fourth-order valence-electron chi connectivity index (χ4n) is 2.68. The zero-order valence-corrected chi connectivity index (χ0v) is 10.4. The third-order valence-electron chi connectivity index (χ3n) is 3.67. The van der Waals surface area contributed by atoms with Crippen LogP contribution in [0.5, 0.6) is 0 Å². The summed E-state index contributed by atoms with van der Waals surface area (Å²) in [7, 11) is 0. The Bertz CT molecular complexity index is 340. The van der Waals surface area contributed by atoms with Crippen LogP contribution >= 0.6 is 0 Å². The van der Waals surface area contributed by atoms with Gasteiger partial charge < -0.3 is 10.8 Å². The molecule has 4 nitrogen and oxygen atoms in total. The summed E-state index contributed by atoms with van der Waals surface area (Å²) in [5.74, 6) is 1.24. The minimum atomic E-state index is 0.0932. The average molecular weight is 237 g/mol. The Balaban J connectivity index is 2.06. The molecule has 0 aromatic carbocycles. The molecule has 1 saturated carbocycles. The van der Waals surface area contributed by atoms with Crippen LogP contribution in [-0.2, 0) is 6.54 Å². The van der Waals surface area contributed by atoms with E-state index >= 15 is 0 Å². The highest BCUT2D eigenvalue weighted by atomic mass is 16.3. The maximum Gasteiger partial charge on any atom is 0.122 e. The van der Waals surface area contributed by atoms with Crippen LogP contribution in [0.2, 0.25) is 0 Å². The van der Waals surface area contributed by atoms with Crippen LogP contribution < -0.4 is 5.73 Å². The van der Waals surface area contributed by atoms with Crippen molar-refractivity contribution in [1.29, 1.82) is 0 Å². The third-order valence-corrected chi connectivity index (χ3v) is 3.67. The average Bonchev–Trinajstić information content (AvgIpc) is 2.60. The summed E-state index contributed by atoms with van der Waals surface area (Å²) >= 11 is 0. The van der Waals surface area contributed by atoms with Gasteiger partial charge in [0.1, 0.15) is 5.82 Å². The lowest BCUT2D eigenvalue weighted by molar-refractivity contribution is 0.269. The molecule has 1 aromatic heterocycles. The molecule has 0 saturated heterocycles. The third kappa shape index (κ3) is 3.22. The zero-order valence-electron chi connectivity index (χ0n) is 10.4. The van der Waals surface area contributed by atoms with Gasteiger partial charge in [0, 0.05) is 12.0 Å². The van der Waals surface area contributed by atoms with Crippen LogP contribution in [0.1, 0.15) is 56.6 Å². The summed E-state index contributed by atoms with van der Waals surface area (Å²) in [6.07, 6.45) is 9.15. The first-order valence-corrected chi connectivity index (χ1v) is 6.75. The molecular formula is C13H23N3O. The Hall–Kier alpha value is -1.03. The molecule has 2 rings (SSSR count). The van der Waals surface area contributed by atoms with E-state index in [0.29, 0.717) is 18.3 Å². The number of aliphatic hydroxyl groups excluding tert-OH is 1. The molecule has 0 bridgehead atoms. The molecule has 0 amide bonds. The molecule has 1 fully saturated rings. The Morgan fingerprint density at radius 1 is 1.24 bits per heavy atom. The molecule has 0 aliphatic heterocycles. The molecule has 3 N–H and O–H groups in total. The lowest BCUT2D eigenvalue weighted by Crippen LogP contribution is -2.09. The van der Waals surface area contributed by atoms with Gasteiger partial charge in [0.2, 0.25) is 0 Å². The van der Waals surface area contributed by atoms with E-state index in [9.17, 15) is 0 Å². The maximum atomic E-state index is 8.93. The van der Waals surface area contributed by atoms with Gasteiger partial charge in [-0.25, -0.2) is 4.68 Å². The lowest BCUT2D eigenvalue weighted by atomic mass is 9.89. The first-order valence-electron chi connectivity index (χ1n) is 6.75. The van der Waals surface area contributed by atoms with E-state index in [1.807, 2.05) is 6.07 Å². The fourth-order valence-corrected chi connectivity index (χ4v) is 2.68. The molecule has 1 aromatic rings. The van der Waals surface area contributed by atoms with Gasteiger partial charge in [0.05, 0.1) is 18.8 Å². The summed E-state index contributed by atoms with van der Waals surface area (Å²) in [4.78, 5) is 0. The van der Waals surface area contributed by atoms with Crippen molar-refractivity contribution >= 4 is 5.82 Å². The molecule has 0 spiro atoms. The van der Waals surface area contributed by atoms with Crippen molar-refractivity contribution in [3.05, 3.63) is 11.8 Å². The number of anilines is 1. The van der Waals surface area contributed by atoms with Crippen LogP contribution in [0.15, 0.2) is 6.07 Å². The van der Waals surface area contributed by atoms with Gasteiger partial charge in [-0.05, 0) is 12.8 Å². The summed E-state index contributed by atoms with van der Waals surface area (Å²) in [6.45, 7) is 0.592. The minimum Gasteiger partial charge on any atom is -0.394 e. The lowest BCUT2D eigenvalue weighted by Gasteiger charge is -2.17. The summed E-state index contributed by atoms with van der Waals surface area (Å²) < 4.78 is 1.72. The standard InChI is InChI=1S/C13H23N3O/c14-13-10-12(15-16(13)8-9-17)11-6-4-2-1-3-5-7-11/h10-11,17H,1-9,14H2. The first kappa shape index (κ1) is 12.4. The van der Waals surface area contributed by atoms with Gasteiger partial charge in [0.15, 0.2) is 0 Å². The Morgan fingerprint density at radius 2 is 1.88 bits per heavy atom. The Labute approximate surface area is 103 Å². The van der Waals surface area contributed by atoms with E-state index in [4.69, 9.17) is 10.8 Å². The SMILES string of the molecule is Nc1cc(C2CCCCCCC2)nn1CCO. The molecule has 1 aliphatic carbocycles. The highest BCUT2D eigenvalue weighted by Crippen LogP contribution is 2.30.